The minimum atomic E-state index is -0.421. The van der Waals surface area contributed by atoms with E-state index in [-0.39, 0.29) is 5.69 Å². The molecule has 0 radical (unpaired) electrons. The number of benzene rings is 1. The highest BCUT2D eigenvalue weighted by Crippen LogP contribution is 2.29. The summed E-state index contributed by atoms with van der Waals surface area (Å²) in [6.45, 7) is 3.39. The molecule has 6 nitrogen and oxygen atoms in total. The number of nitro groups is 1. The molecule has 2 N–H and O–H groups in total. The van der Waals surface area contributed by atoms with Crippen molar-refractivity contribution in [2.75, 3.05) is 17.2 Å². The standard InChI is InChI=1S/C15H16N4O2/c1-10-7-12(19(20)21)8-17-15(10)18-6-5-13-11(9-18)3-2-4-14(13)16/h2-4,7-8H,5-6,9,16H2,1H3. The Kier molecular flexibility index (Phi) is 3.21. The third-order valence-corrected chi connectivity index (χ3v) is 3.85. The van der Waals surface area contributed by atoms with E-state index in [1.54, 1.807) is 6.07 Å². The van der Waals surface area contributed by atoms with Gasteiger partial charge in [-0.15, -0.1) is 0 Å². The van der Waals surface area contributed by atoms with Gasteiger partial charge in [0.15, 0.2) is 0 Å². The summed E-state index contributed by atoms with van der Waals surface area (Å²) in [5, 5.41) is 10.8. The van der Waals surface area contributed by atoms with Gasteiger partial charge >= 0.3 is 0 Å². The smallest absolute Gasteiger partial charge is 0.287 e. The molecule has 0 saturated carbocycles. The number of hydrogen-bond donors (Lipinski definition) is 1. The lowest BCUT2D eigenvalue weighted by atomic mass is 9.98. The predicted octanol–water partition coefficient (Wildman–Crippen LogP) is 2.44. The number of anilines is 2. The Morgan fingerprint density at radius 3 is 2.95 bits per heavy atom. The Morgan fingerprint density at radius 2 is 2.24 bits per heavy atom. The van der Waals surface area contributed by atoms with Crippen molar-refractivity contribution in [2.24, 2.45) is 0 Å². The van der Waals surface area contributed by atoms with Crippen LogP contribution in [0.5, 0.6) is 0 Å². The van der Waals surface area contributed by atoms with E-state index in [0.29, 0.717) is 0 Å². The minimum absolute atomic E-state index is 0.0258. The summed E-state index contributed by atoms with van der Waals surface area (Å²) in [5.41, 5.74) is 10.1. The van der Waals surface area contributed by atoms with E-state index >= 15 is 0 Å². The van der Waals surface area contributed by atoms with Crippen LogP contribution in [0.25, 0.3) is 0 Å². The second kappa shape index (κ2) is 5.05. The molecule has 0 fully saturated rings. The molecule has 0 atom stereocenters. The Labute approximate surface area is 122 Å². The Bertz CT molecular complexity index is 715. The highest BCUT2D eigenvalue weighted by molar-refractivity contribution is 5.57. The zero-order chi connectivity index (χ0) is 15.0. The van der Waals surface area contributed by atoms with Crippen LogP contribution in [-0.2, 0) is 13.0 Å². The molecule has 1 aromatic carbocycles. The second-order valence-corrected chi connectivity index (χ2v) is 5.25. The van der Waals surface area contributed by atoms with Crippen molar-refractivity contribution in [1.82, 2.24) is 4.98 Å². The summed E-state index contributed by atoms with van der Waals surface area (Å²) in [5.74, 6) is 0.800. The molecule has 1 aliphatic heterocycles. The summed E-state index contributed by atoms with van der Waals surface area (Å²) < 4.78 is 0. The molecule has 0 amide bonds. The first-order valence-electron chi connectivity index (χ1n) is 6.78. The predicted molar refractivity (Wildman–Crippen MR) is 81.2 cm³/mol. The average molecular weight is 284 g/mol. The number of pyridine rings is 1. The van der Waals surface area contributed by atoms with Crippen LogP contribution in [0.3, 0.4) is 0 Å². The monoisotopic (exact) mass is 284 g/mol. The van der Waals surface area contributed by atoms with Crippen LogP contribution < -0.4 is 10.6 Å². The van der Waals surface area contributed by atoms with Gasteiger partial charge in [0.2, 0.25) is 0 Å². The van der Waals surface area contributed by atoms with Crippen LogP contribution in [0.4, 0.5) is 17.2 Å². The largest absolute Gasteiger partial charge is 0.398 e. The third kappa shape index (κ3) is 2.40. The van der Waals surface area contributed by atoms with Crippen molar-refractivity contribution in [3.63, 3.8) is 0 Å². The molecule has 2 aromatic rings. The number of rotatable bonds is 2. The van der Waals surface area contributed by atoms with Crippen molar-refractivity contribution in [1.29, 1.82) is 0 Å². The van der Waals surface area contributed by atoms with E-state index in [4.69, 9.17) is 5.73 Å². The van der Waals surface area contributed by atoms with Crippen molar-refractivity contribution in [3.8, 4) is 0 Å². The van der Waals surface area contributed by atoms with Crippen molar-refractivity contribution >= 4 is 17.2 Å². The molecule has 0 saturated heterocycles. The highest BCUT2D eigenvalue weighted by Gasteiger charge is 2.21. The van der Waals surface area contributed by atoms with Gasteiger partial charge < -0.3 is 10.6 Å². The average Bonchev–Trinajstić information content (AvgIpc) is 2.47. The number of hydrogen-bond acceptors (Lipinski definition) is 5. The fourth-order valence-electron chi connectivity index (χ4n) is 2.80. The first-order valence-corrected chi connectivity index (χ1v) is 6.78. The zero-order valence-corrected chi connectivity index (χ0v) is 11.7. The second-order valence-electron chi connectivity index (χ2n) is 5.25. The van der Waals surface area contributed by atoms with Crippen molar-refractivity contribution in [2.45, 2.75) is 19.9 Å². The Balaban J connectivity index is 1.91. The molecule has 108 valence electrons. The molecule has 0 bridgehead atoms. The molecular weight excluding hydrogens is 268 g/mol. The van der Waals surface area contributed by atoms with Gasteiger partial charge in [0.25, 0.3) is 5.69 Å². The van der Waals surface area contributed by atoms with Crippen molar-refractivity contribution < 1.29 is 4.92 Å². The van der Waals surface area contributed by atoms with E-state index in [1.165, 1.54) is 17.3 Å². The maximum absolute atomic E-state index is 10.8. The number of nitrogens with two attached hydrogens (primary N) is 1. The maximum atomic E-state index is 10.8. The number of fused-ring (bicyclic) bond motifs is 1. The van der Waals surface area contributed by atoms with Crippen LogP contribution in [0.2, 0.25) is 0 Å². The molecule has 1 aliphatic rings. The third-order valence-electron chi connectivity index (χ3n) is 3.85. The summed E-state index contributed by atoms with van der Waals surface area (Å²) in [7, 11) is 0. The summed E-state index contributed by atoms with van der Waals surface area (Å²) in [6.07, 6.45) is 2.18. The first kappa shape index (κ1) is 13.4. The van der Waals surface area contributed by atoms with E-state index in [2.05, 4.69) is 16.0 Å². The molecule has 1 aromatic heterocycles. The molecule has 21 heavy (non-hydrogen) atoms. The molecular formula is C15H16N4O2. The number of nitrogen functional groups attached to an aromatic ring is 1. The molecule has 6 heteroatoms. The van der Waals surface area contributed by atoms with Gasteiger partial charge in [-0.05, 0) is 36.1 Å². The Hall–Kier alpha value is -2.63. The van der Waals surface area contributed by atoms with E-state index in [0.717, 1.165) is 36.6 Å². The summed E-state index contributed by atoms with van der Waals surface area (Å²) in [4.78, 5) is 16.8. The van der Waals surface area contributed by atoms with E-state index < -0.39 is 4.92 Å². The maximum Gasteiger partial charge on any atom is 0.287 e. The van der Waals surface area contributed by atoms with Crippen LogP contribution in [0, 0.1) is 17.0 Å². The van der Waals surface area contributed by atoms with E-state index in [1.807, 2.05) is 19.1 Å². The molecule has 2 heterocycles. The molecule has 0 aliphatic carbocycles. The lowest BCUT2D eigenvalue weighted by Gasteiger charge is -2.31. The van der Waals surface area contributed by atoms with Gasteiger partial charge in [0.1, 0.15) is 12.0 Å². The van der Waals surface area contributed by atoms with Crippen LogP contribution >= 0.6 is 0 Å². The van der Waals surface area contributed by atoms with Crippen LogP contribution in [0.1, 0.15) is 16.7 Å². The molecule has 0 unspecified atom stereocenters. The van der Waals surface area contributed by atoms with Gasteiger partial charge in [-0.2, -0.15) is 0 Å². The number of aromatic nitrogens is 1. The SMILES string of the molecule is Cc1cc([N+](=O)[O-])cnc1N1CCc2c(N)cccc2C1. The Morgan fingerprint density at radius 1 is 1.43 bits per heavy atom. The minimum Gasteiger partial charge on any atom is -0.398 e. The summed E-state index contributed by atoms with van der Waals surface area (Å²) >= 11 is 0. The zero-order valence-electron chi connectivity index (χ0n) is 11.7. The lowest BCUT2D eigenvalue weighted by molar-refractivity contribution is -0.385. The van der Waals surface area contributed by atoms with Gasteiger partial charge in [0, 0.05) is 24.8 Å². The van der Waals surface area contributed by atoms with Crippen LogP contribution in [-0.4, -0.2) is 16.5 Å². The summed E-state index contributed by atoms with van der Waals surface area (Å²) in [6, 6.07) is 7.51. The number of aryl methyl sites for hydroxylation is 1. The first-order chi connectivity index (χ1) is 10.1. The van der Waals surface area contributed by atoms with Crippen molar-refractivity contribution in [3.05, 3.63) is 57.3 Å². The van der Waals surface area contributed by atoms with Gasteiger partial charge in [-0.1, -0.05) is 12.1 Å². The molecule has 0 spiro atoms. The van der Waals surface area contributed by atoms with Gasteiger partial charge in [0.05, 0.1) is 4.92 Å². The fraction of sp³-hybridized carbons (Fsp3) is 0.267. The van der Waals surface area contributed by atoms with Crippen LogP contribution in [0.15, 0.2) is 30.5 Å². The fourth-order valence-corrected chi connectivity index (χ4v) is 2.80. The lowest BCUT2D eigenvalue weighted by Crippen LogP contribution is -2.32. The quantitative estimate of drug-likeness (QED) is 0.520. The normalized spacial score (nSPS) is 13.9. The van der Waals surface area contributed by atoms with E-state index in [9.17, 15) is 10.1 Å². The highest BCUT2D eigenvalue weighted by atomic mass is 16.6. The number of nitrogens with zero attached hydrogens (tertiary/aromatic N) is 3. The van der Waals surface area contributed by atoms with Gasteiger partial charge in [-0.3, -0.25) is 10.1 Å². The van der Waals surface area contributed by atoms with Gasteiger partial charge in [-0.25, -0.2) is 4.98 Å². The topological polar surface area (TPSA) is 85.3 Å². The molecule has 3 rings (SSSR count).